The number of carbonyl (C=O) groups excluding carboxylic acids is 1. The van der Waals surface area contributed by atoms with Gasteiger partial charge in [0.25, 0.3) is 5.91 Å². The molecule has 1 amide bonds. The smallest absolute Gasteiger partial charge is 0.255 e. The third-order valence-corrected chi connectivity index (χ3v) is 3.88. The molecule has 8 heteroatoms. The van der Waals surface area contributed by atoms with Crippen LogP contribution in [0.4, 0.5) is 0 Å². The number of nitrogens with one attached hydrogen (secondary N) is 1. The molecule has 118 valence electrons. The van der Waals surface area contributed by atoms with Crippen LogP contribution in [0.15, 0.2) is 24.7 Å². The number of rotatable bonds is 5. The predicted molar refractivity (Wildman–Crippen MR) is 77.1 cm³/mol. The lowest BCUT2D eigenvalue weighted by atomic mass is 9.83. The summed E-state index contributed by atoms with van der Waals surface area (Å²) < 4.78 is 8.33. The van der Waals surface area contributed by atoms with Crippen molar-refractivity contribution in [2.24, 2.45) is 7.05 Å². The van der Waals surface area contributed by atoms with Crippen molar-refractivity contribution in [2.45, 2.75) is 31.2 Å². The van der Waals surface area contributed by atoms with Gasteiger partial charge in [-0.2, -0.15) is 10.2 Å². The Hall–Kier alpha value is -2.19. The van der Waals surface area contributed by atoms with Crippen molar-refractivity contribution >= 4 is 5.91 Å². The maximum Gasteiger partial charge on any atom is 0.255 e. The number of aromatic nitrogens is 4. The van der Waals surface area contributed by atoms with Crippen molar-refractivity contribution in [1.82, 2.24) is 24.9 Å². The number of hydrogen-bond donors (Lipinski definition) is 2. The summed E-state index contributed by atoms with van der Waals surface area (Å²) in [5.74, 6) is -0.214. The second-order valence-corrected chi connectivity index (χ2v) is 5.46. The first-order chi connectivity index (χ1) is 10.6. The number of methoxy groups -OCH3 is 1. The van der Waals surface area contributed by atoms with Crippen molar-refractivity contribution in [3.63, 3.8) is 0 Å². The summed E-state index contributed by atoms with van der Waals surface area (Å²) in [7, 11) is 3.32. The van der Waals surface area contributed by atoms with Crippen LogP contribution in [0.2, 0.25) is 0 Å². The van der Waals surface area contributed by atoms with E-state index in [4.69, 9.17) is 4.74 Å². The molecular formula is C14H19N5O3. The van der Waals surface area contributed by atoms with E-state index in [0.29, 0.717) is 17.7 Å². The second-order valence-electron chi connectivity index (χ2n) is 5.46. The van der Waals surface area contributed by atoms with Crippen LogP contribution >= 0.6 is 0 Å². The Labute approximate surface area is 127 Å². The number of hydrogen-bond acceptors (Lipinski definition) is 5. The van der Waals surface area contributed by atoms with Gasteiger partial charge in [-0.3, -0.25) is 14.2 Å². The highest BCUT2D eigenvalue weighted by Gasteiger charge is 2.43. The number of aliphatic hydroxyl groups excluding tert-OH is 1. The van der Waals surface area contributed by atoms with Crippen LogP contribution in [0.25, 0.3) is 0 Å². The van der Waals surface area contributed by atoms with E-state index in [-0.39, 0.29) is 24.6 Å². The Morgan fingerprint density at radius 3 is 3.05 bits per heavy atom. The van der Waals surface area contributed by atoms with Gasteiger partial charge in [0.15, 0.2) is 0 Å². The van der Waals surface area contributed by atoms with Gasteiger partial charge in [0, 0.05) is 32.7 Å². The quantitative estimate of drug-likeness (QED) is 0.802. The van der Waals surface area contributed by atoms with E-state index in [1.165, 1.54) is 0 Å². The first-order valence-corrected chi connectivity index (χ1v) is 7.09. The van der Waals surface area contributed by atoms with Crippen LogP contribution in [-0.4, -0.2) is 49.8 Å². The van der Waals surface area contributed by atoms with Gasteiger partial charge in [-0.15, -0.1) is 0 Å². The van der Waals surface area contributed by atoms with Gasteiger partial charge >= 0.3 is 0 Å². The van der Waals surface area contributed by atoms with Crippen molar-refractivity contribution < 1.29 is 14.6 Å². The average molecular weight is 305 g/mol. The number of aryl methyl sites for hydroxylation is 1. The molecule has 1 fully saturated rings. The number of aliphatic hydroxyl groups is 1. The summed E-state index contributed by atoms with van der Waals surface area (Å²) in [6, 6.07) is 1.40. The summed E-state index contributed by atoms with van der Waals surface area (Å²) in [4.78, 5) is 12.4. The second kappa shape index (κ2) is 5.90. The monoisotopic (exact) mass is 305 g/mol. The van der Waals surface area contributed by atoms with Gasteiger partial charge in [-0.05, 0) is 12.5 Å². The SMILES string of the molecule is COCc1nn(C)cc1C(=O)N[C@H]1C[C@@H](O)[C@@H]1n1cccn1. The summed E-state index contributed by atoms with van der Waals surface area (Å²) in [6.45, 7) is 0.277. The van der Waals surface area contributed by atoms with Gasteiger partial charge in [0.1, 0.15) is 5.69 Å². The van der Waals surface area contributed by atoms with Crippen LogP contribution in [0.1, 0.15) is 28.5 Å². The molecule has 0 aromatic carbocycles. The molecule has 0 spiro atoms. The number of carbonyl (C=O) groups is 1. The van der Waals surface area contributed by atoms with Crippen LogP contribution in [0, 0.1) is 0 Å². The predicted octanol–water partition coefficient (Wildman–Crippen LogP) is -0.133. The zero-order chi connectivity index (χ0) is 15.7. The lowest BCUT2D eigenvalue weighted by Gasteiger charge is -2.41. The number of nitrogens with zero attached hydrogens (tertiary/aromatic N) is 4. The summed E-state index contributed by atoms with van der Waals surface area (Å²) >= 11 is 0. The zero-order valence-corrected chi connectivity index (χ0v) is 12.5. The highest BCUT2D eigenvalue weighted by Crippen LogP contribution is 2.32. The molecule has 3 atom stereocenters. The first kappa shape index (κ1) is 14.7. The van der Waals surface area contributed by atoms with E-state index in [9.17, 15) is 9.90 Å². The van der Waals surface area contributed by atoms with Gasteiger partial charge in [-0.1, -0.05) is 0 Å². The fourth-order valence-corrected chi connectivity index (χ4v) is 2.79. The van der Waals surface area contributed by atoms with E-state index in [0.717, 1.165) is 0 Å². The van der Waals surface area contributed by atoms with Crippen LogP contribution < -0.4 is 5.32 Å². The average Bonchev–Trinajstić information content (AvgIpc) is 3.08. The summed E-state index contributed by atoms with van der Waals surface area (Å²) in [5, 5.41) is 21.2. The van der Waals surface area contributed by atoms with Gasteiger partial charge in [0.05, 0.1) is 30.4 Å². The van der Waals surface area contributed by atoms with Crippen molar-refractivity contribution in [1.29, 1.82) is 0 Å². The van der Waals surface area contributed by atoms with Gasteiger partial charge in [0.2, 0.25) is 0 Å². The molecule has 22 heavy (non-hydrogen) atoms. The van der Waals surface area contributed by atoms with E-state index in [1.54, 1.807) is 48.2 Å². The largest absolute Gasteiger partial charge is 0.391 e. The topological polar surface area (TPSA) is 94.2 Å². The third kappa shape index (κ3) is 2.62. The van der Waals surface area contributed by atoms with Gasteiger partial charge in [-0.25, -0.2) is 0 Å². The van der Waals surface area contributed by atoms with Gasteiger partial charge < -0.3 is 15.2 Å². The van der Waals surface area contributed by atoms with E-state index in [1.807, 2.05) is 0 Å². The zero-order valence-electron chi connectivity index (χ0n) is 12.5. The molecule has 1 aliphatic rings. The molecule has 0 radical (unpaired) electrons. The molecule has 2 heterocycles. The van der Waals surface area contributed by atoms with Crippen LogP contribution in [0.5, 0.6) is 0 Å². The standard InChI is InChI=1S/C14H19N5O3/c1-18-7-9(11(17-18)8-22-2)14(21)16-10-6-12(20)13(10)19-5-3-4-15-19/h3-5,7,10,12-13,20H,6,8H2,1-2H3,(H,16,21)/t10-,12+,13+/m0/s1. The van der Waals surface area contributed by atoms with E-state index < -0.39 is 6.10 Å². The lowest BCUT2D eigenvalue weighted by molar-refractivity contribution is -0.00591. The van der Waals surface area contributed by atoms with Crippen molar-refractivity contribution in [3.8, 4) is 0 Å². The van der Waals surface area contributed by atoms with Crippen molar-refractivity contribution in [2.75, 3.05) is 7.11 Å². The minimum Gasteiger partial charge on any atom is -0.391 e. The minimum absolute atomic E-state index is 0.155. The highest BCUT2D eigenvalue weighted by atomic mass is 16.5. The molecule has 2 aromatic rings. The fourth-order valence-electron chi connectivity index (χ4n) is 2.79. The van der Waals surface area contributed by atoms with E-state index in [2.05, 4.69) is 15.5 Å². The molecular weight excluding hydrogens is 286 g/mol. The van der Waals surface area contributed by atoms with E-state index >= 15 is 0 Å². The Morgan fingerprint density at radius 1 is 1.59 bits per heavy atom. The molecule has 3 rings (SSSR count). The van der Waals surface area contributed by atoms with Crippen LogP contribution in [0.3, 0.4) is 0 Å². The molecule has 1 saturated carbocycles. The highest BCUT2D eigenvalue weighted by molar-refractivity contribution is 5.95. The molecule has 8 nitrogen and oxygen atoms in total. The maximum absolute atomic E-state index is 12.4. The lowest BCUT2D eigenvalue weighted by Crippen LogP contribution is -2.56. The molecule has 0 unspecified atom stereocenters. The maximum atomic E-state index is 12.4. The first-order valence-electron chi connectivity index (χ1n) is 7.09. The summed E-state index contributed by atoms with van der Waals surface area (Å²) in [6.07, 6.45) is 5.11. The molecule has 2 N–H and O–H groups in total. The Kier molecular flexibility index (Phi) is 3.95. The fraction of sp³-hybridized carbons (Fsp3) is 0.500. The normalized spacial score (nSPS) is 24.0. The number of amides is 1. The Balaban J connectivity index is 1.72. The molecule has 0 bridgehead atoms. The molecule has 0 saturated heterocycles. The van der Waals surface area contributed by atoms with Crippen molar-refractivity contribution in [3.05, 3.63) is 35.9 Å². The Morgan fingerprint density at radius 2 is 2.41 bits per heavy atom. The minimum atomic E-state index is -0.502. The summed E-state index contributed by atoms with van der Waals surface area (Å²) in [5.41, 5.74) is 1.09. The molecule has 0 aliphatic heterocycles. The van der Waals surface area contributed by atoms with Crippen LogP contribution in [-0.2, 0) is 18.4 Å². The number of ether oxygens (including phenoxy) is 1. The third-order valence-electron chi connectivity index (χ3n) is 3.88. The molecule has 1 aliphatic carbocycles. The molecule has 2 aromatic heterocycles. The Bertz CT molecular complexity index is 651.